The molecule has 8 nitrogen and oxygen atoms in total. The summed E-state index contributed by atoms with van der Waals surface area (Å²) in [5.41, 5.74) is 0.479. The number of hydrogen-bond donors (Lipinski definition) is 0. The molecule has 1 saturated heterocycles. The molecule has 29 heavy (non-hydrogen) atoms. The molecule has 2 aliphatic rings. The summed E-state index contributed by atoms with van der Waals surface area (Å²) in [7, 11) is 1.51. The van der Waals surface area contributed by atoms with Gasteiger partial charge in [-0.25, -0.2) is 0 Å². The zero-order valence-electron chi connectivity index (χ0n) is 16.6. The summed E-state index contributed by atoms with van der Waals surface area (Å²) in [5.74, 6) is 2.76. The Morgan fingerprint density at radius 3 is 2.93 bits per heavy atom. The second-order valence-electron chi connectivity index (χ2n) is 7.45. The van der Waals surface area contributed by atoms with Crippen LogP contribution in [0.25, 0.3) is 0 Å². The average molecular weight is 395 g/mol. The van der Waals surface area contributed by atoms with Crippen molar-refractivity contribution in [3.8, 4) is 17.6 Å². The van der Waals surface area contributed by atoms with Crippen LogP contribution in [-0.2, 0) is 17.8 Å². The monoisotopic (exact) mass is 395 g/mol. The number of nitriles is 1. The Hall–Kier alpha value is -3.08. The molecule has 1 atom stereocenters. The first-order chi connectivity index (χ1) is 14.2. The van der Waals surface area contributed by atoms with E-state index in [1.54, 1.807) is 18.2 Å². The lowest BCUT2D eigenvalue weighted by molar-refractivity contribution is -0.134. The molecule has 0 saturated carbocycles. The van der Waals surface area contributed by atoms with Gasteiger partial charge in [0.2, 0.25) is 0 Å². The van der Waals surface area contributed by atoms with Crippen molar-refractivity contribution in [2.75, 3.05) is 20.3 Å². The van der Waals surface area contributed by atoms with Crippen molar-refractivity contribution < 1.29 is 14.3 Å². The molecular formula is C21H25N5O3. The Kier molecular flexibility index (Phi) is 5.65. The molecule has 1 fully saturated rings. The predicted molar refractivity (Wildman–Crippen MR) is 104 cm³/mol. The van der Waals surface area contributed by atoms with Gasteiger partial charge in [0.05, 0.1) is 24.8 Å². The number of aromatic nitrogens is 3. The molecule has 0 bridgehead atoms. The molecule has 4 rings (SSSR count). The van der Waals surface area contributed by atoms with Crippen molar-refractivity contribution in [3.63, 3.8) is 0 Å². The summed E-state index contributed by atoms with van der Waals surface area (Å²) in [6.07, 6.45) is 6.26. The highest BCUT2D eigenvalue weighted by Gasteiger charge is 2.34. The minimum absolute atomic E-state index is 0.0479. The largest absolute Gasteiger partial charge is 0.493 e. The maximum atomic E-state index is 12.9. The molecule has 152 valence electrons. The van der Waals surface area contributed by atoms with Crippen molar-refractivity contribution >= 4 is 5.91 Å². The summed E-state index contributed by atoms with van der Waals surface area (Å²) in [5, 5.41) is 17.8. The Labute approximate surface area is 170 Å². The lowest BCUT2D eigenvalue weighted by atomic mass is 10.2. The normalized spacial score (nSPS) is 18.6. The van der Waals surface area contributed by atoms with Gasteiger partial charge in [-0.05, 0) is 37.8 Å². The number of carbonyl (C=O) groups is 1. The summed E-state index contributed by atoms with van der Waals surface area (Å²) in [6.45, 7) is 1.54. The van der Waals surface area contributed by atoms with E-state index in [-0.39, 0.29) is 18.6 Å². The van der Waals surface area contributed by atoms with Gasteiger partial charge in [-0.3, -0.25) is 4.79 Å². The fourth-order valence-electron chi connectivity index (χ4n) is 4.17. The van der Waals surface area contributed by atoms with Gasteiger partial charge in [0.25, 0.3) is 5.91 Å². The number of fused-ring (bicyclic) bond motifs is 1. The van der Waals surface area contributed by atoms with Crippen LogP contribution in [0.15, 0.2) is 18.2 Å². The molecule has 2 aromatic rings. The van der Waals surface area contributed by atoms with Crippen LogP contribution in [0.3, 0.4) is 0 Å². The summed E-state index contributed by atoms with van der Waals surface area (Å²) in [4.78, 5) is 14.8. The molecule has 1 unspecified atom stereocenters. The van der Waals surface area contributed by atoms with Crippen LogP contribution in [0.5, 0.6) is 11.5 Å². The smallest absolute Gasteiger partial charge is 0.261 e. The van der Waals surface area contributed by atoms with Crippen LogP contribution in [0.4, 0.5) is 0 Å². The van der Waals surface area contributed by atoms with Crippen LogP contribution in [0.2, 0.25) is 0 Å². The van der Waals surface area contributed by atoms with Gasteiger partial charge < -0.3 is 18.9 Å². The number of nitrogens with zero attached hydrogens (tertiary/aromatic N) is 5. The van der Waals surface area contributed by atoms with Crippen molar-refractivity contribution in [1.82, 2.24) is 19.7 Å². The third-order valence-electron chi connectivity index (χ3n) is 5.65. The SMILES string of the molecule is COc1cc(C#N)ccc1OCC(=O)N1CCCC1c1nnc2n1CCCCC2. The van der Waals surface area contributed by atoms with Gasteiger partial charge in [0, 0.05) is 25.6 Å². The van der Waals surface area contributed by atoms with E-state index in [1.165, 1.54) is 13.5 Å². The maximum absolute atomic E-state index is 12.9. The number of carbonyl (C=O) groups excluding carboxylic acids is 1. The first-order valence-corrected chi connectivity index (χ1v) is 10.1. The van der Waals surface area contributed by atoms with E-state index >= 15 is 0 Å². The van der Waals surface area contributed by atoms with Gasteiger partial charge in [-0.1, -0.05) is 6.42 Å². The Balaban J connectivity index is 1.47. The molecule has 3 heterocycles. The number of benzene rings is 1. The van der Waals surface area contributed by atoms with Crippen LogP contribution < -0.4 is 9.47 Å². The van der Waals surface area contributed by atoms with Crippen LogP contribution in [0, 0.1) is 11.3 Å². The maximum Gasteiger partial charge on any atom is 0.261 e. The predicted octanol–water partition coefficient (Wildman–Crippen LogP) is 2.63. The number of hydrogen-bond acceptors (Lipinski definition) is 6. The van der Waals surface area contributed by atoms with E-state index < -0.39 is 0 Å². The zero-order chi connectivity index (χ0) is 20.2. The van der Waals surface area contributed by atoms with Crippen LogP contribution in [-0.4, -0.2) is 45.8 Å². The fourth-order valence-corrected chi connectivity index (χ4v) is 4.17. The van der Waals surface area contributed by atoms with Gasteiger partial charge in [0.15, 0.2) is 23.9 Å². The second-order valence-corrected chi connectivity index (χ2v) is 7.45. The minimum atomic E-state index is -0.0836. The molecule has 8 heteroatoms. The molecule has 2 aliphatic heterocycles. The van der Waals surface area contributed by atoms with E-state index in [0.29, 0.717) is 23.6 Å². The van der Waals surface area contributed by atoms with Crippen molar-refractivity contribution in [2.45, 2.75) is 51.1 Å². The standard InChI is InChI=1S/C21H25N5O3/c1-28-18-12-15(13-22)8-9-17(18)29-14-20(27)25-11-5-6-16(25)21-24-23-19-7-3-2-4-10-26(19)21/h8-9,12,16H,2-7,10-11,14H2,1H3. The summed E-state index contributed by atoms with van der Waals surface area (Å²) >= 11 is 0. The van der Waals surface area contributed by atoms with Crippen molar-refractivity contribution in [2.24, 2.45) is 0 Å². The van der Waals surface area contributed by atoms with E-state index in [2.05, 4.69) is 20.8 Å². The Morgan fingerprint density at radius 1 is 1.21 bits per heavy atom. The average Bonchev–Trinajstić information content (AvgIpc) is 3.32. The number of amides is 1. The zero-order valence-corrected chi connectivity index (χ0v) is 16.6. The first kappa shape index (κ1) is 19.2. The van der Waals surface area contributed by atoms with Gasteiger partial charge >= 0.3 is 0 Å². The fraction of sp³-hybridized carbons (Fsp3) is 0.524. The van der Waals surface area contributed by atoms with Crippen molar-refractivity contribution in [3.05, 3.63) is 35.4 Å². The Bertz CT molecular complexity index is 933. The molecule has 0 radical (unpaired) electrons. The molecule has 0 N–H and O–H groups in total. The first-order valence-electron chi connectivity index (χ1n) is 10.1. The number of methoxy groups -OCH3 is 1. The molecule has 1 aromatic carbocycles. The summed E-state index contributed by atoms with van der Waals surface area (Å²) < 4.78 is 13.2. The van der Waals surface area contributed by atoms with E-state index in [4.69, 9.17) is 14.7 Å². The molecule has 1 aromatic heterocycles. The number of ether oxygens (including phenoxy) is 2. The van der Waals surface area contributed by atoms with Gasteiger partial charge in [-0.2, -0.15) is 5.26 Å². The van der Waals surface area contributed by atoms with Crippen LogP contribution >= 0.6 is 0 Å². The van der Waals surface area contributed by atoms with E-state index in [0.717, 1.165) is 50.3 Å². The molecule has 0 spiro atoms. The second kappa shape index (κ2) is 8.52. The quantitative estimate of drug-likeness (QED) is 0.773. The van der Waals surface area contributed by atoms with E-state index in [9.17, 15) is 4.79 Å². The van der Waals surface area contributed by atoms with E-state index in [1.807, 2.05) is 4.90 Å². The minimum Gasteiger partial charge on any atom is -0.493 e. The molecular weight excluding hydrogens is 370 g/mol. The highest BCUT2D eigenvalue weighted by Crippen LogP contribution is 2.33. The number of aryl methyl sites for hydroxylation is 1. The van der Waals surface area contributed by atoms with Gasteiger partial charge in [-0.15, -0.1) is 10.2 Å². The lowest BCUT2D eigenvalue weighted by Gasteiger charge is -2.25. The number of rotatable bonds is 5. The third-order valence-corrected chi connectivity index (χ3v) is 5.65. The molecule has 1 amide bonds. The highest BCUT2D eigenvalue weighted by atomic mass is 16.5. The highest BCUT2D eigenvalue weighted by molar-refractivity contribution is 5.78. The van der Waals surface area contributed by atoms with Gasteiger partial charge in [0.1, 0.15) is 5.82 Å². The van der Waals surface area contributed by atoms with Crippen LogP contribution in [0.1, 0.15) is 55.4 Å². The number of likely N-dealkylation sites (tertiary alicyclic amines) is 1. The Morgan fingerprint density at radius 2 is 2.10 bits per heavy atom. The summed E-state index contributed by atoms with van der Waals surface area (Å²) in [6, 6.07) is 6.92. The molecule has 0 aliphatic carbocycles. The van der Waals surface area contributed by atoms with Crippen molar-refractivity contribution in [1.29, 1.82) is 5.26 Å². The third kappa shape index (κ3) is 3.90. The topological polar surface area (TPSA) is 93.3 Å². The lowest BCUT2D eigenvalue weighted by Crippen LogP contribution is -2.35.